The molecule has 0 radical (unpaired) electrons. The fraction of sp³-hybridized carbons (Fsp3) is 0.200. The van der Waals surface area contributed by atoms with E-state index in [1.807, 2.05) is 36.4 Å². The van der Waals surface area contributed by atoms with Gasteiger partial charge in [0.25, 0.3) is 0 Å². The van der Waals surface area contributed by atoms with Gasteiger partial charge in [0.15, 0.2) is 0 Å². The number of halogens is 2. The van der Waals surface area contributed by atoms with Crippen LogP contribution in [0.15, 0.2) is 72.8 Å². The van der Waals surface area contributed by atoms with E-state index in [-0.39, 0.29) is 17.6 Å². The van der Waals surface area contributed by atoms with Gasteiger partial charge in [-0.25, -0.2) is 9.37 Å². The molecule has 1 unspecified atom stereocenters. The molecule has 162 valence electrons. The number of hydrogen-bond donors (Lipinski definition) is 0. The Morgan fingerprint density at radius 2 is 1.88 bits per heavy atom. The number of carbonyl (C=O) groups is 1. The highest BCUT2D eigenvalue weighted by Crippen LogP contribution is 2.33. The SMILES string of the molecule is O=C1CC(c2nc3ccccc3n2CCOc2ccc(Cl)cc2)CN1c1cccc(F)c1. The van der Waals surface area contributed by atoms with Crippen LogP contribution in [0.3, 0.4) is 0 Å². The quantitative estimate of drug-likeness (QED) is 0.394. The highest BCUT2D eigenvalue weighted by molar-refractivity contribution is 6.30. The largest absolute Gasteiger partial charge is 0.492 e. The van der Waals surface area contributed by atoms with Gasteiger partial charge in [-0.3, -0.25) is 4.79 Å². The van der Waals surface area contributed by atoms with Crippen molar-refractivity contribution in [2.45, 2.75) is 18.9 Å². The van der Waals surface area contributed by atoms with Gasteiger partial charge in [0.2, 0.25) is 5.91 Å². The van der Waals surface area contributed by atoms with Gasteiger partial charge in [-0.15, -0.1) is 0 Å². The Balaban J connectivity index is 1.40. The molecular formula is C25H21ClFN3O2. The second kappa shape index (κ2) is 8.63. The molecule has 1 aliphatic rings. The van der Waals surface area contributed by atoms with Gasteiger partial charge in [-0.1, -0.05) is 29.8 Å². The summed E-state index contributed by atoms with van der Waals surface area (Å²) in [5.74, 6) is 1.11. The summed E-state index contributed by atoms with van der Waals surface area (Å²) in [4.78, 5) is 19.2. The van der Waals surface area contributed by atoms with Gasteiger partial charge in [0.1, 0.15) is 24.0 Å². The van der Waals surface area contributed by atoms with Crippen molar-refractivity contribution >= 4 is 34.2 Å². The topological polar surface area (TPSA) is 47.4 Å². The predicted octanol–water partition coefficient (Wildman–Crippen LogP) is 5.43. The van der Waals surface area contributed by atoms with Crippen molar-refractivity contribution in [1.82, 2.24) is 9.55 Å². The zero-order chi connectivity index (χ0) is 22.1. The summed E-state index contributed by atoms with van der Waals surface area (Å²) in [6.07, 6.45) is 0.331. The Morgan fingerprint density at radius 1 is 1.06 bits per heavy atom. The smallest absolute Gasteiger partial charge is 0.227 e. The van der Waals surface area contributed by atoms with Crippen LogP contribution < -0.4 is 9.64 Å². The first kappa shape index (κ1) is 20.5. The maximum Gasteiger partial charge on any atom is 0.227 e. The highest BCUT2D eigenvalue weighted by Gasteiger charge is 2.35. The summed E-state index contributed by atoms with van der Waals surface area (Å²) in [6, 6.07) is 21.3. The molecule has 5 nitrogen and oxygen atoms in total. The van der Waals surface area contributed by atoms with E-state index in [0.717, 1.165) is 22.6 Å². The van der Waals surface area contributed by atoms with Crippen molar-refractivity contribution in [2.24, 2.45) is 0 Å². The maximum atomic E-state index is 13.7. The fourth-order valence-electron chi connectivity index (χ4n) is 4.20. The fourth-order valence-corrected chi connectivity index (χ4v) is 4.33. The molecule has 1 amide bonds. The van der Waals surface area contributed by atoms with Crippen molar-refractivity contribution in [3.8, 4) is 5.75 Å². The lowest BCUT2D eigenvalue weighted by Crippen LogP contribution is -2.24. The molecule has 0 saturated carbocycles. The number of benzene rings is 3. The molecule has 7 heteroatoms. The van der Waals surface area contributed by atoms with E-state index in [9.17, 15) is 9.18 Å². The van der Waals surface area contributed by atoms with Crippen LogP contribution in [0.2, 0.25) is 5.02 Å². The summed E-state index contributed by atoms with van der Waals surface area (Å²) in [7, 11) is 0. The van der Waals surface area contributed by atoms with Crippen molar-refractivity contribution < 1.29 is 13.9 Å². The summed E-state index contributed by atoms with van der Waals surface area (Å²) in [6.45, 7) is 1.50. The Morgan fingerprint density at radius 3 is 2.69 bits per heavy atom. The minimum atomic E-state index is -0.356. The number of rotatable bonds is 6. The highest BCUT2D eigenvalue weighted by atomic mass is 35.5. The first-order chi connectivity index (χ1) is 15.6. The van der Waals surface area contributed by atoms with Gasteiger partial charge in [-0.2, -0.15) is 0 Å². The molecule has 4 aromatic rings. The summed E-state index contributed by atoms with van der Waals surface area (Å²) >= 11 is 5.94. The van der Waals surface area contributed by atoms with E-state index in [1.54, 1.807) is 29.2 Å². The Labute approximate surface area is 190 Å². The lowest BCUT2D eigenvalue weighted by Gasteiger charge is -2.17. The first-order valence-corrected chi connectivity index (χ1v) is 10.9. The number of fused-ring (bicyclic) bond motifs is 1. The zero-order valence-corrected chi connectivity index (χ0v) is 18.0. The number of carbonyl (C=O) groups excluding carboxylic acids is 1. The minimum Gasteiger partial charge on any atom is -0.492 e. The molecule has 0 N–H and O–H groups in total. The molecule has 5 rings (SSSR count). The van der Waals surface area contributed by atoms with E-state index < -0.39 is 0 Å². The Hall–Kier alpha value is -3.38. The average molecular weight is 450 g/mol. The molecule has 3 aromatic carbocycles. The lowest BCUT2D eigenvalue weighted by atomic mass is 10.1. The molecule has 0 aliphatic carbocycles. The number of amides is 1. The molecular weight excluding hydrogens is 429 g/mol. The van der Waals surface area contributed by atoms with Gasteiger partial charge >= 0.3 is 0 Å². The number of anilines is 1. The van der Waals surface area contributed by atoms with Crippen LogP contribution in [-0.4, -0.2) is 28.6 Å². The van der Waals surface area contributed by atoms with Gasteiger partial charge < -0.3 is 14.2 Å². The standard InChI is InChI=1S/C25H21ClFN3O2/c26-18-8-10-21(11-9-18)32-13-12-29-23-7-2-1-6-22(23)28-25(29)17-14-24(31)30(16-17)20-5-3-4-19(27)15-20/h1-11,15,17H,12-14,16H2. The van der Waals surface area contributed by atoms with Crippen molar-refractivity contribution in [3.63, 3.8) is 0 Å². The second-order valence-electron chi connectivity index (χ2n) is 7.80. The molecule has 32 heavy (non-hydrogen) atoms. The van der Waals surface area contributed by atoms with E-state index in [4.69, 9.17) is 21.3 Å². The van der Waals surface area contributed by atoms with Crippen LogP contribution in [-0.2, 0) is 11.3 Å². The third-order valence-electron chi connectivity index (χ3n) is 5.69. The van der Waals surface area contributed by atoms with E-state index in [2.05, 4.69) is 4.57 Å². The molecule has 1 aromatic heterocycles. The van der Waals surface area contributed by atoms with Crippen LogP contribution in [0.5, 0.6) is 5.75 Å². The van der Waals surface area contributed by atoms with Crippen LogP contribution in [0.25, 0.3) is 11.0 Å². The predicted molar refractivity (Wildman–Crippen MR) is 123 cm³/mol. The van der Waals surface area contributed by atoms with Crippen LogP contribution in [0.1, 0.15) is 18.2 Å². The number of aromatic nitrogens is 2. The average Bonchev–Trinajstić information content (AvgIpc) is 3.36. The number of ether oxygens (including phenoxy) is 1. The van der Waals surface area contributed by atoms with Crippen molar-refractivity contribution in [2.75, 3.05) is 18.1 Å². The lowest BCUT2D eigenvalue weighted by molar-refractivity contribution is -0.117. The van der Waals surface area contributed by atoms with Crippen molar-refractivity contribution in [3.05, 3.63) is 89.5 Å². The van der Waals surface area contributed by atoms with E-state index in [0.29, 0.717) is 36.8 Å². The van der Waals surface area contributed by atoms with Crippen LogP contribution in [0.4, 0.5) is 10.1 Å². The third-order valence-corrected chi connectivity index (χ3v) is 5.94. The zero-order valence-electron chi connectivity index (χ0n) is 17.2. The third kappa shape index (κ3) is 4.06. The van der Waals surface area contributed by atoms with Crippen LogP contribution in [0, 0.1) is 5.82 Å². The molecule has 1 fully saturated rings. The molecule has 1 aliphatic heterocycles. The first-order valence-electron chi connectivity index (χ1n) is 10.5. The van der Waals surface area contributed by atoms with Gasteiger partial charge in [-0.05, 0) is 54.6 Å². The van der Waals surface area contributed by atoms with Gasteiger partial charge in [0.05, 0.1) is 17.6 Å². The minimum absolute atomic E-state index is 0.0309. The second-order valence-corrected chi connectivity index (χ2v) is 8.23. The number of imidazole rings is 1. The normalized spacial score (nSPS) is 16.1. The van der Waals surface area contributed by atoms with E-state index in [1.165, 1.54) is 12.1 Å². The Kier molecular flexibility index (Phi) is 5.53. The van der Waals surface area contributed by atoms with Crippen molar-refractivity contribution in [1.29, 1.82) is 0 Å². The number of nitrogens with zero attached hydrogens (tertiary/aromatic N) is 3. The summed E-state index contributed by atoms with van der Waals surface area (Å²) in [5.41, 5.74) is 2.45. The molecule has 0 spiro atoms. The molecule has 1 atom stereocenters. The Bertz CT molecular complexity index is 1270. The van der Waals surface area contributed by atoms with Crippen LogP contribution >= 0.6 is 11.6 Å². The molecule has 2 heterocycles. The summed E-state index contributed by atoms with van der Waals surface area (Å²) in [5, 5.41) is 0.661. The maximum absolute atomic E-state index is 13.7. The van der Waals surface area contributed by atoms with E-state index >= 15 is 0 Å². The van der Waals surface area contributed by atoms with Gasteiger partial charge in [0, 0.05) is 29.6 Å². The monoisotopic (exact) mass is 449 g/mol. The summed E-state index contributed by atoms with van der Waals surface area (Å²) < 4.78 is 21.7. The number of hydrogen-bond acceptors (Lipinski definition) is 3. The number of para-hydroxylation sites is 2. The molecule has 0 bridgehead atoms. The molecule has 1 saturated heterocycles.